The van der Waals surface area contributed by atoms with Crippen molar-refractivity contribution in [3.63, 3.8) is 0 Å². The van der Waals surface area contributed by atoms with Crippen molar-refractivity contribution >= 4 is 0 Å². The molecule has 0 fully saturated rings. The van der Waals surface area contributed by atoms with Crippen LogP contribution < -0.4 is 4.74 Å². The lowest BCUT2D eigenvalue weighted by Crippen LogP contribution is -2.07. The smallest absolute Gasteiger partial charge is 0.126 e. The molecule has 0 unspecified atom stereocenters. The highest BCUT2D eigenvalue weighted by Crippen LogP contribution is 2.40. The van der Waals surface area contributed by atoms with E-state index in [2.05, 4.69) is 82.3 Å². The summed E-state index contributed by atoms with van der Waals surface area (Å²) in [5.74, 6) is 1.86. The van der Waals surface area contributed by atoms with Crippen LogP contribution in [0.4, 0.5) is 0 Å². The molecule has 140 valence electrons. The Labute approximate surface area is 164 Å². The quantitative estimate of drug-likeness (QED) is 0.453. The molecule has 3 rings (SSSR count). The molecule has 0 aromatic heterocycles. The van der Waals surface area contributed by atoms with Crippen molar-refractivity contribution in [2.75, 3.05) is 7.11 Å². The van der Waals surface area contributed by atoms with Gasteiger partial charge >= 0.3 is 0 Å². The number of hydrogen-bond acceptors (Lipinski definition) is 1. The monoisotopic (exact) mass is 358 g/mol. The third-order valence-corrected chi connectivity index (χ3v) is 5.21. The van der Waals surface area contributed by atoms with E-state index < -0.39 is 0 Å². The minimum absolute atomic E-state index is 0.433. The molecule has 1 heteroatoms. The SMILES string of the molecule is COc1ccccc1-c1ccc(C(C)C)c(Cc2ccccc2)c1C(C)C. The second-order valence-electron chi connectivity index (χ2n) is 7.77. The van der Waals surface area contributed by atoms with E-state index in [-0.39, 0.29) is 0 Å². The van der Waals surface area contributed by atoms with Gasteiger partial charge in [-0.05, 0) is 52.1 Å². The summed E-state index contributed by atoms with van der Waals surface area (Å²) in [6.45, 7) is 9.17. The highest BCUT2D eigenvalue weighted by molar-refractivity contribution is 5.76. The van der Waals surface area contributed by atoms with Gasteiger partial charge in [-0.1, -0.05) is 88.4 Å². The lowest BCUT2D eigenvalue weighted by molar-refractivity contribution is 0.416. The molecule has 0 heterocycles. The molecule has 0 saturated heterocycles. The van der Waals surface area contributed by atoms with Gasteiger partial charge in [0.05, 0.1) is 7.11 Å². The molecule has 0 aliphatic rings. The first-order valence-corrected chi connectivity index (χ1v) is 9.85. The number of hydrogen-bond donors (Lipinski definition) is 0. The number of ether oxygens (including phenoxy) is 1. The second kappa shape index (κ2) is 8.43. The van der Waals surface area contributed by atoms with Crippen LogP contribution in [-0.2, 0) is 6.42 Å². The standard InChI is InChI=1S/C26H30O/c1-18(2)21-15-16-23(22-13-9-10-14-25(22)27-5)26(19(3)4)24(21)17-20-11-7-6-8-12-20/h6-16,18-19H,17H2,1-5H3. The summed E-state index contributed by atoms with van der Waals surface area (Å²) in [5, 5.41) is 0. The summed E-state index contributed by atoms with van der Waals surface area (Å²) in [5.41, 5.74) is 8.18. The minimum Gasteiger partial charge on any atom is -0.496 e. The first kappa shape index (κ1) is 19.2. The van der Waals surface area contributed by atoms with Gasteiger partial charge in [0, 0.05) is 5.56 Å². The largest absolute Gasteiger partial charge is 0.496 e. The van der Waals surface area contributed by atoms with Gasteiger partial charge < -0.3 is 4.74 Å². The highest BCUT2D eigenvalue weighted by atomic mass is 16.5. The first-order valence-electron chi connectivity index (χ1n) is 9.85. The Morgan fingerprint density at radius 2 is 1.37 bits per heavy atom. The van der Waals surface area contributed by atoms with Gasteiger partial charge in [0.2, 0.25) is 0 Å². The summed E-state index contributed by atoms with van der Waals surface area (Å²) >= 11 is 0. The van der Waals surface area contributed by atoms with Crippen LogP contribution in [0.25, 0.3) is 11.1 Å². The van der Waals surface area contributed by atoms with Crippen molar-refractivity contribution < 1.29 is 4.74 Å². The fraction of sp³-hybridized carbons (Fsp3) is 0.308. The second-order valence-corrected chi connectivity index (χ2v) is 7.77. The Morgan fingerprint density at radius 1 is 0.704 bits per heavy atom. The van der Waals surface area contributed by atoms with Crippen LogP contribution in [0.5, 0.6) is 5.75 Å². The van der Waals surface area contributed by atoms with Gasteiger partial charge in [-0.2, -0.15) is 0 Å². The Morgan fingerprint density at radius 3 is 2.00 bits per heavy atom. The van der Waals surface area contributed by atoms with Crippen LogP contribution in [-0.4, -0.2) is 7.11 Å². The molecule has 1 nitrogen and oxygen atoms in total. The Balaban J connectivity index is 2.25. The van der Waals surface area contributed by atoms with Crippen molar-refractivity contribution in [3.05, 3.63) is 89.0 Å². The molecule has 0 saturated carbocycles. The highest BCUT2D eigenvalue weighted by Gasteiger charge is 2.20. The third kappa shape index (κ3) is 4.08. The average molecular weight is 359 g/mol. The average Bonchev–Trinajstić information content (AvgIpc) is 2.68. The Hall–Kier alpha value is -2.54. The molecule has 27 heavy (non-hydrogen) atoms. The van der Waals surface area contributed by atoms with E-state index in [1.807, 2.05) is 12.1 Å². The number of para-hydroxylation sites is 1. The summed E-state index contributed by atoms with van der Waals surface area (Å²) in [6, 6.07) is 23.7. The maximum atomic E-state index is 5.67. The molecule has 0 N–H and O–H groups in total. The maximum Gasteiger partial charge on any atom is 0.126 e. The predicted molar refractivity (Wildman–Crippen MR) is 116 cm³/mol. The Kier molecular flexibility index (Phi) is 6.01. The Bertz CT molecular complexity index is 891. The van der Waals surface area contributed by atoms with Gasteiger partial charge in [0.25, 0.3) is 0 Å². The summed E-state index contributed by atoms with van der Waals surface area (Å²) < 4.78 is 5.67. The van der Waals surface area contributed by atoms with Crippen LogP contribution in [0.2, 0.25) is 0 Å². The molecule has 3 aromatic rings. The summed E-state index contributed by atoms with van der Waals surface area (Å²) in [6.07, 6.45) is 0.963. The van der Waals surface area contributed by atoms with Crippen LogP contribution in [0, 0.1) is 0 Å². The summed E-state index contributed by atoms with van der Waals surface area (Å²) in [7, 11) is 1.75. The predicted octanol–water partition coefficient (Wildman–Crippen LogP) is 7.20. The fourth-order valence-electron chi connectivity index (χ4n) is 3.98. The van der Waals surface area contributed by atoms with E-state index >= 15 is 0 Å². The van der Waals surface area contributed by atoms with Crippen LogP contribution in [0.1, 0.15) is 61.8 Å². The molecule has 0 aliphatic heterocycles. The van der Waals surface area contributed by atoms with Crippen molar-refractivity contribution in [1.29, 1.82) is 0 Å². The van der Waals surface area contributed by atoms with E-state index in [1.54, 1.807) is 7.11 Å². The lowest BCUT2D eigenvalue weighted by Gasteiger charge is -2.24. The normalized spacial score (nSPS) is 11.2. The van der Waals surface area contributed by atoms with Crippen LogP contribution in [0.15, 0.2) is 66.7 Å². The van der Waals surface area contributed by atoms with Crippen LogP contribution >= 0.6 is 0 Å². The van der Waals surface area contributed by atoms with Gasteiger partial charge in [0.1, 0.15) is 5.75 Å². The van der Waals surface area contributed by atoms with Crippen molar-refractivity contribution in [2.24, 2.45) is 0 Å². The molecule has 0 spiro atoms. The van der Waals surface area contributed by atoms with Gasteiger partial charge in [0.15, 0.2) is 0 Å². The fourth-order valence-corrected chi connectivity index (χ4v) is 3.98. The topological polar surface area (TPSA) is 9.23 Å². The first-order chi connectivity index (χ1) is 13.0. The van der Waals surface area contributed by atoms with Crippen molar-refractivity contribution in [3.8, 4) is 16.9 Å². The van der Waals surface area contributed by atoms with Gasteiger partial charge in [-0.15, -0.1) is 0 Å². The molecule has 0 atom stereocenters. The van der Waals surface area contributed by atoms with Gasteiger partial charge in [-0.25, -0.2) is 0 Å². The van der Waals surface area contributed by atoms with Crippen molar-refractivity contribution in [2.45, 2.75) is 46.0 Å². The number of rotatable bonds is 6. The zero-order valence-electron chi connectivity index (χ0n) is 17.1. The molecular formula is C26H30O. The van der Waals surface area contributed by atoms with Gasteiger partial charge in [-0.3, -0.25) is 0 Å². The molecule has 0 amide bonds. The van der Waals surface area contributed by atoms with Crippen molar-refractivity contribution in [1.82, 2.24) is 0 Å². The van der Waals surface area contributed by atoms with E-state index in [1.165, 1.54) is 33.4 Å². The number of methoxy groups -OCH3 is 1. The molecule has 0 bridgehead atoms. The number of benzene rings is 3. The van der Waals surface area contributed by atoms with E-state index in [9.17, 15) is 0 Å². The zero-order chi connectivity index (χ0) is 19.4. The van der Waals surface area contributed by atoms with Crippen LogP contribution in [0.3, 0.4) is 0 Å². The maximum absolute atomic E-state index is 5.67. The molecule has 0 aliphatic carbocycles. The zero-order valence-corrected chi connectivity index (χ0v) is 17.1. The third-order valence-electron chi connectivity index (χ3n) is 5.21. The minimum atomic E-state index is 0.433. The van der Waals surface area contributed by atoms with E-state index in [0.29, 0.717) is 11.8 Å². The van der Waals surface area contributed by atoms with E-state index in [0.717, 1.165) is 12.2 Å². The summed E-state index contributed by atoms with van der Waals surface area (Å²) in [4.78, 5) is 0. The molecular weight excluding hydrogens is 328 g/mol. The molecule has 0 radical (unpaired) electrons. The molecule has 3 aromatic carbocycles. The van der Waals surface area contributed by atoms with E-state index in [4.69, 9.17) is 4.74 Å². The lowest BCUT2D eigenvalue weighted by atomic mass is 9.81.